The Labute approximate surface area is 143 Å². The van der Waals surface area contributed by atoms with E-state index in [9.17, 15) is 0 Å². The van der Waals surface area contributed by atoms with Gasteiger partial charge in [-0.3, -0.25) is 0 Å². The summed E-state index contributed by atoms with van der Waals surface area (Å²) in [6.45, 7) is 0. The Morgan fingerprint density at radius 2 is 1.95 bits per heavy atom. The number of hydrogen-bond donors (Lipinski definition) is 0. The summed E-state index contributed by atoms with van der Waals surface area (Å²) in [7, 11) is 0. The molecule has 0 aliphatic rings. The lowest BCUT2D eigenvalue weighted by atomic mass is 10.1. The Morgan fingerprint density at radius 3 is 2.68 bits per heavy atom. The minimum absolute atomic E-state index is 0.547. The van der Waals surface area contributed by atoms with Gasteiger partial charge in [0.15, 0.2) is 5.01 Å². The van der Waals surface area contributed by atoms with Crippen LogP contribution in [0.25, 0.3) is 32.2 Å². The van der Waals surface area contributed by atoms with Crippen molar-refractivity contribution in [2.75, 3.05) is 0 Å². The van der Waals surface area contributed by atoms with Gasteiger partial charge in [0.25, 0.3) is 5.89 Å². The van der Waals surface area contributed by atoms with E-state index in [2.05, 4.69) is 32.0 Å². The maximum Gasteiger partial charge on any atom is 0.255 e. The molecule has 4 aromatic rings. The summed E-state index contributed by atoms with van der Waals surface area (Å²) < 4.78 is 7.39. The van der Waals surface area contributed by atoms with E-state index in [0.29, 0.717) is 5.89 Å². The molecule has 0 amide bonds. The predicted molar refractivity (Wildman–Crippen MR) is 93.3 cm³/mol. The first kappa shape index (κ1) is 13.9. The van der Waals surface area contributed by atoms with Crippen molar-refractivity contribution >= 4 is 49.1 Å². The highest BCUT2D eigenvalue weighted by molar-refractivity contribution is 9.10. The highest BCUT2D eigenvalue weighted by atomic mass is 79.9. The predicted octanol–water partition coefficient (Wildman–Crippen LogP) is 6.03. The second-order valence-electron chi connectivity index (χ2n) is 4.66. The van der Waals surface area contributed by atoms with Crippen LogP contribution in [0, 0.1) is 0 Å². The summed E-state index contributed by atoms with van der Waals surface area (Å²) in [6.07, 6.45) is 3.17. The summed E-state index contributed by atoms with van der Waals surface area (Å²) in [5, 5.41) is 1.50. The third-order valence-corrected chi connectivity index (χ3v) is 5.16. The Hall–Kier alpha value is -1.69. The number of nitrogens with zero attached hydrogens (tertiary/aromatic N) is 2. The largest absolute Gasteiger partial charge is 0.443 e. The van der Waals surface area contributed by atoms with Crippen molar-refractivity contribution < 1.29 is 4.42 Å². The molecule has 0 fully saturated rings. The molecule has 0 spiro atoms. The number of benzene rings is 2. The molecule has 0 saturated carbocycles. The minimum atomic E-state index is 0.547. The number of fused-ring (bicyclic) bond motifs is 1. The summed E-state index contributed by atoms with van der Waals surface area (Å²) in [5.41, 5.74) is 3.12. The molecule has 0 aliphatic heterocycles. The molecule has 0 saturated heterocycles. The summed E-state index contributed by atoms with van der Waals surface area (Å²) in [5.74, 6) is 0.547. The molecule has 3 nitrogen and oxygen atoms in total. The van der Waals surface area contributed by atoms with Gasteiger partial charge in [0, 0.05) is 9.50 Å². The smallest absolute Gasteiger partial charge is 0.255 e. The standard InChI is InChI=1S/C16H8BrClN2OS/c17-12-8-13-14(22-16(20-13)15-19-5-6-21-15)7-11(12)9-1-3-10(18)4-2-9/h1-8H. The van der Waals surface area contributed by atoms with Gasteiger partial charge in [0.2, 0.25) is 0 Å². The zero-order valence-electron chi connectivity index (χ0n) is 11.1. The molecule has 6 heteroatoms. The second-order valence-corrected chi connectivity index (χ2v) is 6.98. The maximum absolute atomic E-state index is 5.96. The molecule has 0 aliphatic carbocycles. The quantitative estimate of drug-likeness (QED) is 0.418. The molecule has 0 atom stereocenters. The Morgan fingerprint density at radius 1 is 1.14 bits per heavy atom. The van der Waals surface area contributed by atoms with Gasteiger partial charge >= 0.3 is 0 Å². The summed E-state index contributed by atoms with van der Waals surface area (Å²) >= 11 is 11.1. The molecule has 2 aromatic carbocycles. The molecule has 2 aromatic heterocycles. The van der Waals surface area contributed by atoms with Crippen molar-refractivity contribution in [2.24, 2.45) is 0 Å². The van der Waals surface area contributed by atoms with Gasteiger partial charge in [0.05, 0.1) is 16.4 Å². The fourth-order valence-corrected chi connectivity index (χ4v) is 3.83. The van der Waals surface area contributed by atoms with Crippen LogP contribution in [0.15, 0.2) is 57.7 Å². The number of aromatic nitrogens is 2. The average molecular weight is 392 g/mol. The summed E-state index contributed by atoms with van der Waals surface area (Å²) in [4.78, 5) is 8.73. The Balaban J connectivity index is 1.87. The molecule has 22 heavy (non-hydrogen) atoms. The van der Waals surface area contributed by atoms with Crippen molar-refractivity contribution in [2.45, 2.75) is 0 Å². The normalized spacial score (nSPS) is 11.2. The molecule has 0 N–H and O–H groups in total. The fraction of sp³-hybridized carbons (Fsp3) is 0. The molecule has 4 rings (SSSR count). The van der Waals surface area contributed by atoms with Crippen LogP contribution in [0.4, 0.5) is 0 Å². The number of hydrogen-bond acceptors (Lipinski definition) is 4. The van der Waals surface area contributed by atoms with Crippen LogP contribution in [-0.2, 0) is 0 Å². The lowest BCUT2D eigenvalue weighted by Crippen LogP contribution is -1.80. The molecule has 0 bridgehead atoms. The zero-order valence-corrected chi connectivity index (χ0v) is 14.2. The third-order valence-electron chi connectivity index (χ3n) is 3.25. The highest BCUT2D eigenvalue weighted by Gasteiger charge is 2.13. The first-order valence-electron chi connectivity index (χ1n) is 6.46. The van der Waals surface area contributed by atoms with E-state index in [1.807, 2.05) is 30.3 Å². The average Bonchev–Trinajstić information content (AvgIpc) is 3.15. The maximum atomic E-state index is 5.96. The lowest BCUT2D eigenvalue weighted by molar-refractivity contribution is 0.574. The number of oxazole rings is 1. The Kier molecular flexibility index (Phi) is 3.48. The number of thiazole rings is 1. The Bertz CT molecular complexity index is 948. The second kappa shape index (κ2) is 5.50. The van der Waals surface area contributed by atoms with Gasteiger partial charge in [-0.05, 0) is 35.4 Å². The van der Waals surface area contributed by atoms with E-state index in [1.165, 1.54) is 0 Å². The monoisotopic (exact) mass is 390 g/mol. The van der Waals surface area contributed by atoms with Gasteiger partial charge in [0.1, 0.15) is 6.26 Å². The van der Waals surface area contributed by atoms with Crippen molar-refractivity contribution in [1.29, 1.82) is 0 Å². The van der Waals surface area contributed by atoms with Crippen molar-refractivity contribution in [1.82, 2.24) is 9.97 Å². The van der Waals surface area contributed by atoms with Crippen molar-refractivity contribution in [3.05, 3.63) is 58.4 Å². The molecular weight excluding hydrogens is 384 g/mol. The van der Waals surface area contributed by atoms with E-state index in [0.717, 1.165) is 35.8 Å². The van der Waals surface area contributed by atoms with Crippen LogP contribution in [0.2, 0.25) is 5.02 Å². The summed E-state index contributed by atoms with van der Waals surface area (Å²) in [6, 6.07) is 11.9. The van der Waals surface area contributed by atoms with E-state index in [4.69, 9.17) is 16.0 Å². The minimum Gasteiger partial charge on any atom is -0.443 e. The van der Waals surface area contributed by atoms with Gasteiger partial charge in [-0.2, -0.15) is 0 Å². The van der Waals surface area contributed by atoms with Crippen LogP contribution in [-0.4, -0.2) is 9.97 Å². The first-order chi connectivity index (χ1) is 10.7. The lowest BCUT2D eigenvalue weighted by Gasteiger charge is -2.05. The molecule has 0 radical (unpaired) electrons. The van der Waals surface area contributed by atoms with Gasteiger partial charge in [-0.1, -0.05) is 39.7 Å². The highest BCUT2D eigenvalue weighted by Crippen LogP contribution is 2.37. The number of halogens is 2. The molecule has 2 heterocycles. The third kappa shape index (κ3) is 2.45. The SMILES string of the molecule is Clc1ccc(-c2cc3sc(-c4ncco4)nc3cc2Br)cc1. The molecule has 108 valence electrons. The van der Waals surface area contributed by atoms with E-state index < -0.39 is 0 Å². The van der Waals surface area contributed by atoms with Crippen LogP contribution in [0.5, 0.6) is 0 Å². The first-order valence-corrected chi connectivity index (χ1v) is 8.45. The molecular formula is C16H8BrClN2OS. The zero-order chi connectivity index (χ0) is 15.1. The van der Waals surface area contributed by atoms with Crippen LogP contribution >= 0.6 is 38.9 Å². The van der Waals surface area contributed by atoms with Crippen LogP contribution in [0.3, 0.4) is 0 Å². The van der Waals surface area contributed by atoms with E-state index in [1.54, 1.807) is 23.8 Å². The molecule has 0 unspecified atom stereocenters. The van der Waals surface area contributed by atoms with E-state index >= 15 is 0 Å². The number of rotatable bonds is 2. The van der Waals surface area contributed by atoms with Crippen LogP contribution < -0.4 is 0 Å². The van der Waals surface area contributed by atoms with Gasteiger partial charge < -0.3 is 4.42 Å². The van der Waals surface area contributed by atoms with Crippen molar-refractivity contribution in [3.8, 4) is 22.0 Å². The van der Waals surface area contributed by atoms with Gasteiger partial charge in [-0.15, -0.1) is 11.3 Å². The van der Waals surface area contributed by atoms with Gasteiger partial charge in [-0.25, -0.2) is 9.97 Å². The fourth-order valence-electron chi connectivity index (χ4n) is 2.22. The van der Waals surface area contributed by atoms with E-state index in [-0.39, 0.29) is 0 Å². The topological polar surface area (TPSA) is 38.9 Å². The van der Waals surface area contributed by atoms with Crippen LogP contribution in [0.1, 0.15) is 0 Å². The van der Waals surface area contributed by atoms with Crippen molar-refractivity contribution in [3.63, 3.8) is 0 Å².